The summed E-state index contributed by atoms with van der Waals surface area (Å²) < 4.78 is 5.33. The molecule has 0 bridgehead atoms. The van der Waals surface area contributed by atoms with Crippen LogP contribution in [-0.4, -0.2) is 26.3 Å². The maximum absolute atomic E-state index is 8.70. The zero-order valence-corrected chi connectivity index (χ0v) is 9.30. The van der Waals surface area contributed by atoms with Crippen molar-refractivity contribution in [1.82, 2.24) is 5.32 Å². The highest BCUT2D eigenvalue weighted by atomic mass is 16.5. The van der Waals surface area contributed by atoms with Crippen molar-refractivity contribution in [2.45, 2.75) is 32.1 Å². The average Bonchev–Trinajstić information content (AvgIpc) is 3.00. The molecular formula is C12H20N2O. The Kier molecular flexibility index (Phi) is 3.61. The van der Waals surface area contributed by atoms with Crippen LogP contribution in [0.15, 0.2) is 0 Å². The molecule has 2 fully saturated rings. The second-order valence-corrected chi connectivity index (χ2v) is 5.02. The van der Waals surface area contributed by atoms with Gasteiger partial charge in [0.05, 0.1) is 6.07 Å². The van der Waals surface area contributed by atoms with Gasteiger partial charge in [0.1, 0.15) is 0 Å². The van der Waals surface area contributed by atoms with Gasteiger partial charge >= 0.3 is 0 Å². The molecule has 1 saturated carbocycles. The SMILES string of the molecule is N#CCC1(CNCC2CCOCC2)CC1. The predicted molar refractivity (Wildman–Crippen MR) is 58.3 cm³/mol. The number of nitrogens with zero attached hydrogens (tertiary/aromatic N) is 1. The van der Waals surface area contributed by atoms with Gasteiger partial charge in [-0.25, -0.2) is 0 Å². The van der Waals surface area contributed by atoms with Crippen LogP contribution < -0.4 is 5.32 Å². The van der Waals surface area contributed by atoms with Crippen LogP contribution in [0.25, 0.3) is 0 Å². The van der Waals surface area contributed by atoms with Crippen LogP contribution in [-0.2, 0) is 4.74 Å². The number of nitrogens with one attached hydrogen (secondary N) is 1. The third kappa shape index (κ3) is 3.19. The molecule has 2 rings (SSSR count). The molecule has 0 amide bonds. The molecule has 1 saturated heterocycles. The Morgan fingerprint density at radius 2 is 2.07 bits per heavy atom. The number of rotatable bonds is 5. The fourth-order valence-corrected chi connectivity index (χ4v) is 2.25. The van der Waals surface area contributed by atoms with Gasteiger partial charge < -0.3 is 10.1 Å². The highest BCUT2D eigenvalue weighted by molar-refractivity contribution is 5.00. The van der Waals surface area contributed by atoms with Gasteiger partial charge in [0.2, 0.25) is 0 Å². The third-order valence-corrected chi connectivity index (χ3v) is 3.69. The second-order valence-electron chi connectivity index (χ2n) is 5.02. The quantitative estimate of drug-likeness (QED) is 0.748. The van der Waals surface area contributed by atoms with Crippen LogP contribution in [0.1, 0.15) is 32.1 Å². The Labute approximate surface area is 91.8 Å². The van der Waals surface area contributed by atoms with Crippen LogP contribution in [0, 0.1) is 22.7 Å². The van der Waals surface area contributed by atoms with Crippen LogP contribution in [0.4, 0.5) is 0 Å². The first kappa shape index (κ1) is 10.9. The molecular weight excluding hydrogens is 188 g/mol. The van der Waals surface area contributed by atoms with Crippen LogP contribution in [0.2, 0.25) is 0 Å². The van der Waals surface area contributed by atoms with Gasteiger partial charge in [0, 0.05) is 26.2 Å². The first-order valence-corrected chi connectivity index (χ1v) is 6.00. The summed E-state index contributed by atoms with van der Waals surface area (Å²) in [4.78, 5) is 0. The van der Waals surface area contributed by atoms with Gasteiger partial charge in [-0.1, -0.05) is 0 Å². The van der Waals surface area contributed by atoms with E-state index in [-0.39, 0.29) is 0 Å². The minimum atomic E-state index is 0.347. The smallest absolute Gasteiger partial charge is 0.0628 e. The average molecular weight is 208 g/mol. The van der Waals surface area contributed by atoms with Crippen molar-refractivity contribution in [2.24, 2.45) is 11.3 Å². The van der Waals surface area contributed by atoms with Gasteiger partial charge in [0.25, 0.3) is 0 Å². The van der Waals surface area contributed by atoms with Gasteiger partial charge in [-0.05, 0) is 43.6 Å². The van der Waals surface area contributed by atoms with E-state index in [9.17, 15) is 0 Å². The topological polar surface area (TPSA) is 45.0 Å². The molecule has 2 aliphatic rings. The van der Waals surface area contributed by atoms with Crippen molar-refractivity contribution < 1.29 is 4.74 Å². The summed E-state index contributed by atoms with van der Waals surface area (Å²) in [5.74, 6) is 0.789. The second kappa shape index (κ2) is 4.96. The Balaban J connectivity index is 1.60. The summed E-state index contributed by atoms with van der Waals surface area (Å²) in [6.07, 6.45) is 5.59. The third-order valence-electron chi connectivity index (χ3n) is 3.69. The van der Waals surface area contributed by atoms with Crippen molar-refractivity contribution >= 4 is 0 Å². The van der Waals surface area contributed by atoms with E-state index < -0.39 is 0 Å². The standard InChI is InChI=1S/C12H20N2O/c13-6-5-12(3-4-12)10-14-9-11-1-7-15-8-2-11/h11,14H,1-5,7-10H2. The molecule has 1 heterocycles. The molecule has 15 heavy (non-hydrogen) atoms. The van der Waals surface area contributed by atoms with Crippen molar-refractivity contribution in [3.63, 3.8) is 0 Å². The molecule has 3 nitrogen and oxygen atoms in total. The number of hydrogen-bond acceptors (Lipinski definition) is 3. The van der Waals surface area contributed by atoms with E-state index in [1.165, 1.54) is 25.7 Å². The zero-order chi connectivity index (χ0) is 10.6. The van der Waals surface area contributed by atoms with E-state index in [0.717, 1.165) is 38.6 Å². The monoisotopic (exact) mass is 208 g/mol. The summed E-state index contributed by atoms with van der Waals surface area (Å²) in [6, 6.07) is 2.30. The molecule has 0 spiro atoms. The van der Waals surface area contributed by atoms with Crippen molar-refractivity contribution in [2.75, 3.05) is 26.3 Å². The van der Waals surface area contributed by atoms with E-state index >= 15 is 0 Å². The van der Waals surface area contributed by atoms with Gasteiger partial charge in [0.15, 0.2) is 0 Å². The molecule has 3 heteroatoms. The lowest BCUT2D eigenvalue weighted by Gasteiger charge is -2.23. The molecule has 1 aliphatic carbocycles. The highest BCUT2D eigenvalue weighted by Crippen LogP contribution is 2.47. The van der Waals surface area contributed by atoms with Crippen LogP contribution >= 0.6 is 0 Å². The maximum atomic E-state index is 8.70. The first-order valence-electron chi connectivity index (χ1n) is 6.00. The lowest BCUT2D eigenvalue weighted by molar-refractivity contribution is 0.0660. The van der Waals surface area contributed by atoms with E-state index in [2.05, 4.69) is 11.4 Å². The Hall–Kier alpha value is -0.590. The zero-order valence-electron chi connectivity index (χ0n) is 9.30. The Morgan fingerprint density at radius 1 is 1.33 bits per heavy atom. The molecule has 1 N–H and O–H groups in total. The van der Waals surface area contributed by atoms with Crippen LogP contribution in [0.3, 0.4) is 0 Å². The number of hydrogen-bond donors (Lipinski definition) is 1. The van der Waals surface area contributed by atoms with Crippen molar-refractivity contribution in [3.8, 4) is 6.07 Å². The summed E-state index contributed by atoms with van der Waals surface area (Å²) in [5.41, 5.74) is 0.347. The van der Waals surface area contributed by atoms with Crippen molar-refractivity contribution in [3.05, 3.63) is 0 Å². The first-order chi connectivity index (χ1) is 7.35. The normalized spacial score (nSPS) is 24.7. The lowest BCUT2D eigenvalue weighted by Crippen LogP contribution is -2.31. The largest absolute Gasteiger partial charge is 0.381 e. The van der Waals surface area contributed by atoms with Gasteiger partial charge in [-0.15, -0.1) is 0 Å². The highest BCUT2D eigenvalue weighted by Gasteiger charge is 2.41. The minimum absolute atomic E-state index is 0.347. The molecule has 0 aromatic rings. The lowest BCUT2D eigenvalue weighted by atomic mass is 9.99. The van der Waals surface area contributed by atoms with E-state index in [4.69, 9.17) is 10.00 Å². The molecule has 1 aliphatic heterocycles. The van der Waals surface area contributed by atoms with Crippen molar-refractivity contribution in [1.29, 1.82) is 5.26 Å². The molecule has 0 aromatic heterocycles. The van der Waals surface area contributed by atoms with Gasteiger partial charge in [-0.2, -0.15) is 5.26 Å². The summed E-state index contributed by atoms with van der Waals surface area (Å²) in [7, 11) is 0. The van der Waals surface area contributed by atoms with Gasteiger partial charge in [-0.3, -0.25) is 0 Å². The molecule has 0 atom stereocenters. The molecule has 0 unspecified atom stereocenters. The van der Waals surface area contributed by atoms with E-state index in [1.807, 2.05) is 0 Å². The van der Waals surface area contributed by atoms with Crippen LogP contribution in [0.5, 0.6) is 0 Å². The fraction of sp³-hybridized carbons (Fsp3) is 0.917. The molecule has 0 aromatic carbocycles. The number of ether oxygens (including phenoxy) is 1. The van der Waals surface area contributed by atoms with E-state index in [0.29, 0.717) is 5.41 Å². The molecule has 0 radical (unpaired) electrons. The summed E-state index contributed by atoms with van der Waals surface area (Å²) in [6.45, 7) is 4.00. The summed E-state index contributed by atoms with van der Waals surface area (Å²) in [5, 5.41) is 12.2. The summed E-state index contributed by atoms with van der Waals surface area (Å²) >= 11 is 0. The Morgan fingerprint density at radius 3 is 2.67 bits per heavy atom. The van der Waals surface area contributed by atoms with E-state index in [1.54, 1.807) is 0 Å². The molecule has 84 valence electrons. The number of nitriles is 1. The minimum Gasteiger partial charge on any atom is -0.381 e. The predicted octanol–water partition coefficient (Wildman–Crippen LogP) is 1.70. The Bertz CT molecular complexity index is 236. The fourth-order valence-electron chi connectivity index (χ4n) is 2.25. The maximum Gasteiger partial charge on any atom is 0.0628 e.